The maximum Gasteiger partial charge on any atom is 0.269 e. The number of nitro benzene ring substituents is 1. The molecule has 2 bridgehead atoms. The second-order valence-electron chi connectivity index (χ2n) is 8.90. The Balaban J connectivity index is 1.42. The molecular formula is C25H23N3O6. The number of carbonyl (C=O) groups excluding carboxylic acids is 3. The average molecular weight is 461 g/mol. The standard InChI is InChI=1S/C25H23N3O6/c1-34-19-4-2-3-14(12-19)20(13-21(29)26-17-7-9-18(10-8-17)28(32)33)27-24(30)22-15-5-6-16(11-15)23(22)25(27)31/h2-10,12,15-16,20,22-23H,11,13H2,1H3,(H,26,29). The molecule has 1 saturated heterocycles. The van der Waals surface area contributed by atoms with Crippen molar-refractivity contribution in [3.63, 3.8) is 0 Å². The molecule has 9 nitrogen and oxygen atoms in total. The van der Waals surface area contributed by atoms with Gasteiger partial charge >= 0.3 is 0 Å². The third-order valence-electron chi connectivity index (χ3n) is 7.04. The summed E-state index contributed by atoms with van der Waals surface area (Å²) >= 11 is 0. The van der Waals surface area contributed by atoms with Gasteiger partial charge in [-0.25, -0.2) is 0 Å². The molecule has 1 N–H and O–H groups in total. The lowest BCUT2D eigenvalue weighted by Gasteiger charge is -2.28. The number of amides is 3. The van der Waals surface area contributed by atoms with E-state index in [-0.39, 0.29) is 47.6 Å². The zero-order valence-electron chi connectivity index (χ0n) is 18.4. The normalized spacial score (nSPS) is 25.4. The first-order chi connectivity index (χ1) is 16.4. The Morgan fingerprint density at radius 3 is 2.35 bits per heavy atom. The second-order valence-corrected chi connectivity index (χ2v) is 8.90. The summed E-state index contributed by atoms with van der Waals surface area (Å²) in [6.45, 7) is 0. The summed E-state index contributed by atoms with van der Waals surface area (Å²) in [6.07, 6.45) is 4.74. The van der Waals surface area contributed by atoms with Crippen LogP contribution >= 0.6 is 0 Å². The van der Waals surface area contributed by atoms with Gasteiger partial charge in [0.15, 0.2) is 0 Å². The predicted octanol–water partition coefficient (Wildman–Crippen LogP) is 3.48. The quantitative estimate of drug-likeness (QED) is 0.292. The van der Waals surface area contributed by atoms with Gasteiger partial charge in [-0.15, -0.1) is 0 Å². The van der Waals surface area contributed by atoms with Crippen LogP contribution < -0.4 is 10.1 Å². The van der Waals surface area contributed by atoms with Crippen LogP contribution in [0, 0.1) is 33.8 Å². The highest BCUT2D eigenvalue weighted by atomic mass is 16.6. The molecule has 0 spiro atoms. The van der Waals surface area contributed by atoms with Gasteiger partial charge in [-0.2, -0.15) is 0 Å². The summed E-state index contributed by atoms with van der Waals surface area (Å²) in [5.74, 6) is -0.931. The summed E-state index contributed by atoms with van der Waals surface area (Å²) in [4.78, 5) is 51.5. The number of benzene rings is 2. The fourth-order valence-electron chi connectivity index (χ4n) is 5.49. The molecule has 2 aromatic rings. The Hall–Kier alpha value is -4.01. The maximum absolute atomic E-state index is 13.4. The SMILES string of the molecule is COc1cccc(C(CC(=O)Nc2ccc([N+](=O)[O-])cc2)N2C(=O)C3C4C=CC(C4)C3C2=O)c1. The molecule has 1 heterocycles. The molecule has 0 radical (unpaired) electrons. The number of hydrogen-bond donors (Lipinski definition) is 1. The first kappa shape index (κ1) is 21.8. The van der Waals surface area contributed by atoms with Crippen molar-refractivity contribution in [3.05, 3.63) is 76.4 Å². The number of nitro groups is 1. The number of fused-ring (bicyclic) bond motifs is 5. The van der Waals surface area contributed by atoms with Crippen LogP contribution in [-0.2, 0) is 14.4 Å². The highest BCUT2D eigenvalue weighted by Crippen LogP contribution is 2.54. The predicted molar refractivity (Wildman–Crippen MR) is 122 cm³/mol. The van der Waals surface area contributed by atoms with Crippen LogP contribution in [0.3, 0.4) is 0 Å². The van der Waals surface area contributed by atoms with Crippen LogP contribution in [0.15, 0.2) is 60.7 Å². The largest absolute Gasteiger partial charge is 0.497 e. The summed E-state index contributed by atoms with van der Waals surface area (Å²) in [6, 6.07) is 11.7. The van der Waals surface area contributed by atoms with E-state index >= 15 is 0 Å². The number of rotatable bonds is 7. The molecule has 5 atom stereocenters. The van der Waals surface area contributed by atoms with Crippen molar-refractivity contribution in [2.75, 3.05) is 12.4 Å². The summed E-state index contributed by atoms with van der Waals surface area (Å²) in [7, 11) is 1.52. The van der Waals surface area contributed by atoms with Gasteiger partial charge in [0.2, 0.25) is 17.7 Å². The lowest BCUT2D eigenvalue weighted by atomic mass is 9.85. The lowest BCUT2D eigenvalue weighted by Crippen LogP contribution is -2.38. The second kappa shape index (κ2) is 8.40. The van der Waals surface area contributed by atoms with Gasteiger partial charge in [-0.1, -0.05) is 24.3 Å². The van der Waals surface area contributed by atoms with Gasteiger partial charge in [-0.3, -0.25) is 29.4 Å². The van der Waals surface area contributed by atoms with E-state index in [4.69, 9.17) is 4.74 Å². The Kier molecular flexibility index (Phi) is 5.39. The molecule has 2 fully saturated rings. The van der Waals surface area contributed by atoms with Gasteiger partial charge in [0.1, 0.15) is 5.75 Å². The number of hydrogen-bond acceptors (Lipinski definition) is 6. The Bertz CT molecular complexity index is 1180. The van der Waals surface area contributed by atoms with Crippen molar-refractivity contribution >= 4 is 29.1 Å². The molecule has 2 aromatic carbocycles. The van der Waals surface area contributed by atoms with Gasteiger partial charge in [0, 0.05) is 17.8 Å². The van der Waals surface area contributed by atoms with Gasteiger partial charge in [-0.05, 0) is 48.1 Å². The molecule has 3 aliphatic rings. The molecular weight excluding hydrogens is 438 g/mol. The van der Waals surface area contributed by atoms with E-state index in [2.05, 4.69) is 5.32 Å². The lowest BCUT2D eigenvalue weighted by molar-refractivity contribution is -0.384. The van der Waals surface area contributed by atoms with Crippen molar-refractivity contribution < 1.29 is 24.0 Å². The van der Waals surface area contributed by atoms with E-state index in [0.29, 0.717) is 17.0 Å². The van der Waals surface area contributed by atoms with Crippen LogP contribution in [0.2, 0.25) is 0 Å². The van der Waals surface area contributed by atoms with Gasteiger partial charge < -0.3 is 10.1 Å². The van der Waals surface area contributed by atoms with Crippen molar-refractivity contribution in [3.8, 4) is 5.75 Å². The smallest absolute Gasteiger partial charge is 0.269 e. The zero-order valence-corrected chi connectivity index (χ0v) is 18.4. The molecule has 5 rings (SSSR count). The topological polar surface area (TPSA) is 119 Å². The Labute approximate surface area is 195 Å². The number of likely N-dealkylation sites (tertiary alicyclic amines) is 1. The van der Waals surface area contributed by atoms with Crippen molar-refractivity contribution in [1.29, 1.82) is 0 Å². The number of non-ortho nitro benzene ring substituents is 1. The number of anilines is 1. The average Bonchev–Trinajstić information content (AvgIpc) is 3.52. The molecule has 2 aliphatic carbocycles. The van der Waals surface area contributed by atoms with Crippen molar-refractivity contribution in [1.82, 2.24) is 4.90 Å². The van der Waals surface area contributed by atoms with Crippen LogP contribution in [0.25, 0.3) is 0 Å². The number of methoxy groups -OCH3 is 1. The number of ether oxygens (including phenoxy) is 1. The number of nitrogens with one attached hydrogen (secondary N) is 1. The van der Waals surface area contributed by atoms with E-state index in [9.17, 15) is 24.5 Å². The zero-order chi connectivity index (χ0) is 24.0. The van der Waals surface area contributed by atoms with Crippen molar-refractivity contribution in [2.45, 2.75) is 18.9 Å². The number of nitrogens with zero attached hydrogens (tertiary/aromatic N) is 2. The molecule has 3 amide bonds. The fourth-order valence-corrected chi connectivity index (χ4v) is 5.49. The summed E-state index contributed by atoms with van der Waals surface area (Å²) < 4.78 is 5.32. The van der Waals surface area contributed by atoms with E-state index in [0.717, 1.165) is 6.42 Å². The van der Waals surface area contributed by atoms with Gasteiger partial charge in [0.05, 0.1) is 36.3 Å². The third-order valence-corrected chi connectivity index (χ3v) is 7.04. The summed E-state index contributed by atoms with van der Waals surface area (Å²) in [5.41, 5.74) is 0.925. The van der Waals surface area contributed by atoms with Crippen LogP contribution in [-0.4, -0.2) is 34.7 Å². The van der Waals surface area contributed by atoms with E-state index in [1.165, 1.54) is 36.3 Å². The van der Waals surface area contributed by atoms with Crippen LogP contribution in [0.1, 0.15) is 24.4 Å². The molecule has 34 heavy (non-hydrogen) atoms. The number of carbonyl (C=O) groups is 3. The highest BCUT2D eigenvalue weighted by Gasteiger charge is 2.60. The maximum atomic E-state index is 13.4. The number of allylic oxidation sites excluding steroid dienone is 2. The van der Waals surface area contributed by atoms with Crippen LogP contribution in [0.5, 0.6) is 5.75 Å². The fraction of sp³-hybridized carbons (Fsp3) is 0.320. The third kappa shape index (κ3) is 3.63. The highest BCUT2D eigenvalue weighted by molar-refractivity contribution is 6.07. The first-order valence-electron chi connectivity index (χ1n) is 11.1. The minimum Gasteiger partial charge on any atom is -0.497 e. The van der Waals surface area contributed by atoms with Gasteiger partial charge in [0.25, 0.3) is 5.69 Å². The van der Waals surface area contributed by atoms with Crippen molar-refractivity contribution in [2.24, 2.45) is 23.7 Å². The molecule has 1 aliphatic heterocycles. The molecule has 9 heteroatoms. The minimum absolute atomic E-state index is 0.0661. The molecule has 0 aromatic heterocycles. The molecule has 1 saturated carbocycles. The van der Waals surface area contributed by atoms with E-state index < -0.39 is 16.9 Å². The molecule has 174 valence electrons. The monoisotopic (exact) mass is 461 g/mol. The first-order valence-corrected chi connectivity index (χ1v) is 11.1. The summed E-state index contributed by atoms with van der Waals surface area (Å²) in [5, 5.41) is 13.6. The van der Waals surface area contributed by atoms with E-state index in [1.807, 2.05) is 12.2 Å². The number of imide groups is 1. The Morgan fingerprint density at radius 2 is 1.76 bits per heavy atom. The molecule has 5 unspecified atom stereocenters. The van der Waals surface area contributed by atoms with Crippen LogP contribution in [0.4, 0.5) is 11.4 Å². The minimum atomic E-state index is -0.793. The van der Waals surface area contributed by atoms with E-state index in [1.54, 1.807) is 24.3 Å². The Morgan fingerprint density at radius 1 is 1.12 bits per heavy atom.